The molecule has 1 unspecified atom stereocenters. The molecular weight excluding hydrogens is 219 g/mol. The molecule has 0 aliphatic heterocycles. The summed E-state index contributed by atoms with van der Waals surface area (Å²) < 4.78 is 13.2. The average Bonchev–Trinajstić information content (AvgIpc) is 2.25. The predicted octanol–water partition coefficient (Wildman–Crippen LogP) is 1.90. The lowest BCUT2D eigenvalue weighted by Gasteiger charge is -2.17. The summed E-state index contributed by atoms with van der Waals surface area (Å²) in [7, 11) is 1.90. The van der Waals surface area contributed by atoms with Crippen molar-refractivity contribution in [2.75, 3.05) is 13.6 Å². The van der Waals surface area contributed by atoms with Crippen LogP contribution in [0.1, 0.15) is 24.5 Å². The van der Waals surface area contributed by atoms with Gasteiger partial charge in [-0.15, -0.1) is 0 Å². The van der Waals surface area contributed by atoms with Gasteiger partial charge in [0.25, 0.3) is 0 Å². The van der Waals surface area contributed by atoms with E-state index in [-0.39, 0.29) is 11.9 Å². The van der Waals surface area contributed by atoms with E-state index in [1.54, 1.807) is 13.0 Å². The minimum atomic E-state index is -0.386. The second-order valence-corrected chi connectivity index (χ2v) is 4.34. The molecule has 1 aromatic rings. The lowest BCUT2D eigenvalue weighted by molar-refractivity contribution is 0.163. The highest BCUT2D eigenvalue weighted by Gasteiger charge is 2.05. The van der Waals surface area contributed by atoms with Gasteiger partial charge < -0.3 is 10.0 Å². The van der Waals surface area contributed by atoms with Gasteiger partial charge >= 0.3 is 0 Å². The van der Waals surface area contributed by atoms with E-state index >= 15 is 0 Å². The molecule has 0 fully saturated rings. The molecule has 1 N–H and O–H groups in total. The SMILES string of the molecule is CC(O)CCN(C)Cc1cc(F)cc(C#N)c1. The normalized spacial score (nSPS) is 12.5. The van der Waals surface area contributed by atoms with Crippen LogP contribution in [0.3, 0.4) is 0 Å². The van der Waals surface area contributed by atoms with E-state index in [1.165, 1.54) is 12.1 Å². The van der Waals surface area contributed by atoms with Crippen molar-refractivity contribution in [2.24, 2.45) is 0 Å². The summed E-state index contributed by atoms with van der Waals surface area (Å²) in [6.07, 6.45) is 0.344. The summed E-state index contributed by atoms with van der Waals surface area (Å²) in [5.74, 6) is -0.386. The van der Waals surface area contributed by atoms with E-state index in [4.69, 9.17) is 10.4 Å². The Balaban J connectivity index is 2.62. The van der Waals surface area contributed by atoms with Gasteiger partial charge in [0.2, 0.25) is 0 Å². The van der Waals surface area contributed by atoms with Crippen molar-refractivity contribution in [3.63, 3.8) is 0 Å². The van der Waals surface area contributed by atoms with Gasteiger partial charge in [0, 0.05) is 13.1 Å². The monoisotopic (exact) mass is 236 g/mol. The number of nitriles is 1. The lowest BCUT2D eigenvalue weighted by atomic mass is 10.1. The van der Waals surface area contributed by atoms with Crippen LogP contribution in [0.25, 0.3) is 0 Å². The highest BCUT2D eigenvalue weighted by Crippen LogP contribution is 2.10. The molecule has 0 aromatic heterocycles. The van der Waals surface area contributed by atoms with Crippen LogP contribution in [0.15, 0.2) is 18.2 Å². The maximum Gasteiger partial charge on any atom is 0.124 e. The molecule has 92 valence electrons. The van der Waals surface area contributed by atoms with E-state index < -0.39 is 0 Å². The second kappa shape index (κ2) is 6.33. The second-order valence-electron chi connectivity index (χ2n) is 4.34. The van der Waals surface area contributed by atoms with Crippen LogP contribution < -0.4 is 0 Å². The minimum Gasteiger partial charge on any atom is -0.393 e. The smallest absolute Gasteiger partial charge is 0.124 e. The van der Waals surface area contributed by atoms with Gasteiger partial charge in [0.1, 0.15) is 5.82 Å². The van der Waals surface area contributed by atoms with Crippen LogP contribution in [-0.4, -0.2) is 29.7 Å². The fourth-order valence-corrected chi connectivity index (χ4v) is 1.60. The third-order valence-electron chi connectivity index (χ3n) is 2.47. The van der Waals surface area contributed by atoms with E-state index in [0.29, 0.717) is 18.5 Å². The Kier molecular flexibility index (Phi) is 5.08. The topological polar surface area (TPSA) is 47.3 Å². The first-order chi connectivity index (χ1) is 8.01. The third-order valence-corrected chi connectivity index (χ3v) is 2.47. The van der Waals surface area contributed by atoms with Gasteiger partial charge in [-0.3, -0.25) is 0 Å². The predicted molar refractivity (Wildman–Crippen MR) is 63.7 cm³/mol. The fraction of sp³-hybridized carbons (Fsp3) is 0.462. The zero-order valence-corrected chi connectivity index (χ0v) is 10.2. The van der Waals surface area contributed by atoms with Gasteiger partial charge in [0.05, 0.1) is 17.7 Å². The molecule has 0 amide bonds. The van der Waals surface area contributed by atoms with Crippen LogP contribution in [0.4, 0.5) is 4.39 Å². The number of benzene rings is 1. The molecular formula is C13H17FN2O. The molecule has 1 atom stereocenters. The quantitative estimate of drug-likeness (QED) is 0.849. The van der Waals surface area contributed by atoms with Crippen molar-refractivity contribution in [1.82, 2.24) is 4.90 Å². The maximum atomic E-state index is 13.2. The average molecular weight is 236 g/mol. The molecule has 0 saturated heterocycles. The van der Waals surface area contributed by atoms with Crippen LogP contribution >= 0.6 is 0 Å². The summed E-state index contributed by atoms with van der Waals surface area (Å²) in [5, 5.41) is 17.9. The largest absolute Gasteiger partial charge is 0.393 e. The molecule has 0 saturated carbocycles. The number of aliphatic hydroxyl groups excluding tert-OH is 1. The Bertz CT molecular complexity index is 412. The Morgan fingerprint density at radius 3 is 2.76 bits per heavy atom. The Labute approximate surface area is 101 Å². The zero-order valence-electron chi connectivity index (χ0n) is 10.2. The number of nitrogens with zero attached hydrogens (tertiary/aromatic N) is 2. The standard InChI is InChI=1S/C13H17FN2O/c1-10(17)3-4-16(2)9-12-5-11(8-15)6-13(14)7-12/h5-7,10,17H,3-4,9H2,1-2H3. The van der Waals surface area contributed by atoms with E-state index in [1.807, 2.05) is 18.0 Å². The molecule has 0 heterocycles. The Morgan fingerprint density at radius 2 is 2.18 bits per heavy atom. The molecule has 0 radical (unpaired) electrons. The van der Waals surface area contributed by atoms with Crippen LogP contribution in [0.5, 0.6) is 0 Å². The first kappa shape index (κ1) is 13.6. The van der Waals surface area contributed by atoms with E-state index in [9.17, 15) is 4.39 Å². The Morgan fingerprint density at radius 1 is 1.47 bits per heavy atom. The molecule has 0 spiro atoms. The van der Waals surface area contributed by atoms with Crippen molar-refractivity contribution in [2.45, 2.75) is 26.0 Å². The summed E-state index contributed by atoms with van der Waals surface area (Å²) in [6, 6.07) is 6.27. The van der Waals surface area contributed by atoms with Crippen LogP contribution in [-0.2, 0) is 6.54 Å². The first-order valence-electron chi connectivity index (χ1n) is 5.57. The molecule has 1 rings (SSSR count). The number of halogens is 1. The summed E-state index contributed by atoms with van der Waals surface area (Å²) >= 11 is 0. The van der Waals surface area contributed by atoms with Crippen LogP contribution in [0, 0.1) is 17.1 Å². The summed E-state index contributed by atoms with van der Waals surface area (Å²) in [4.78, 5) is 1.99. The fourth-order valence-electron chi connectivity index (χ4n) is 1.60. The molecule has 0 bridgehead atoms. The number of hydrogen-bond donors (Lipinski definition) is 1. The van der Waals surface area contributed by atoms with Crippen molar-refractivity contribution in [1.29, 1.82) is 5.26 Å². The summed E-state index contributed by atoms with van der Waals surface area (Å²) in [6.45, 7) is 3.04. The molecule has 3 nitrogen and oxygen atoms in total. The Hall–Kier alpha value is -1.44. The maximum absolute atomic E-state index is 13.2. The molecule has 17 heavy (non-hydrogen) atoms. The van der Waals surface area contributed by atoms with Gasteiger partial charge in [0.15, 0.2) is 0 Å². The van der Waals surface area contributed by atoms with Gasteiger partial charge in [-0.2, -0.15) is 5.26 Å². The number of rotatable bonds is 5. The van der Waals surface area contributed by atoms with Crippen molar-refractivity contribution >= 4 is 0 Å². The van der Waals surface area contributed by atoms with E-state index in [0.717, 1.165) is 12.1 Å². The van der Waals surface area contributed by atoms with Gasteiger partial charge in [-0.05, 0) is 44.2 Å². The van der Waals surface area contributed by atoms with Crippen molar-refractivity contribution in [3.8, 4) is 6.07 Å². The van der Waals surface area contributed by atoms with Crippen molar-refractivity contribution in [3.05, 3.63) is 35.1 Å². The van der Waals surface area contributed by atoms with Gasteiger partial charge in [-0.25, -0.2) is 4.39 Å². The lowest BCUT2D eigenvalue weighted by Crippen LogP contribution is -2.22. The number of aliphatic hydroxyl groups is 1. The highest BCUT2D eigenvalue weighted by atomic mass is 19.1. The third kappa shape index (κ3) is 4.94. The minimum absolute atomic E-state index is 0.334. The molecule has 0 aliphatic carbocycles. The number of hydrogen-bond acceptors (Lipinski definition) is 3. The molecule has 4 heteroatoms. The zero-order chi connectivity index (χ0) is 12.8. The molecule has 0 aliphatic rings. The van der Waals surface area contributed by atoms with E-state index in [2.05, 4.69) is 0 Å². The molecule has 1 aromatic carbocycles. The van der Waals surface area contributed by atoms with Crippen molar-refractivity contribution < 1.29 is 9.50 Å². The van der Waals surface area contributed by atoms with Crippen LogP contribution in [0.2, 0.25) is 0 Å². The highest BCUT2D eigenvalue weighted by molar-refractivity contribution is 5.33. The van der Waals surface area contributed by atoms with Gasteiger partial charge in [-0.1, -0.05) is 0 Å². The summed E-state index contributed by atoms with van der Waals surface area (Å²) in [5.41, 5.74) is 1.11. The first-order valence-corrected chi connectivity index (χ1v) is 5.57.